The molecule has 0 heterocycles. The van der Waals surface area contributed by atoms with E-state index in [9.17, 15) is 0 Å². The van der Waals surface area contributed by atoms with Crippen molar-refractivity contribution in [3.8, 4) is 0 Å². The predicted molar refractivity (Wildman–Crippen MR) is 134 cm³/mol. The van der Waals surface area contributed by atoms with E-state index in [1.807, 2.05) is 0 Å². The normalized spacial score (nSPS) is 12.9. The predicted octanol–water partition coefficient (Wildman–Crippen LogP) is 6.67. The molecule has 0 saturated carbocycles. The summed E-state index contributed by atoms with van der Waals surface area (Å²) >= 11 is 0. The molecule has 0 bridgehead atoms. The molecule has 162 valence electrons. The number of aryl methyl sites for hydroxylation is 2. The Balaban J connectivity index is 1.62. The molecular weight excluding hydrogens is 388 g/mol. The van der Waals surface area contributed by atoms with Crippen LogP contribution in [-0.4, -0.2) is 0 Å². The summed E-state index contributed by atoms with van der Waals surface area (Å²) in [4.78, 5) is 0. The van der Waals surface area contributed by atoms with Crippen LogP contribution in [0.25, 0.3) is 0 Å². The van der Waals surface area contributed by atoms with Crippen molar-refractivity contribution in [2.45, 2.75) is 39.0 Å². The smallest absolute Gasteiger partial charge is 0.0521 e. The Morgan fingerprint density at radius 1 is 0.469 bits per heavy atom. The van der Waals surface area contributed by atoms with Crippen LogP contribution in [0, 0.1) is 13.8 Å². The lowest BCUT2D eigenvalue weighted by atomic mass is 9.92. The van der Waals surface area contributed by atoms with Gasteiger partial charge >= 0.3 is 0 Å². The van der Waals surface area contributed by atoms with Gasteiger partial charge in [0.1, 0.15) is 0 Å². The van der Waals surface area contributed by atoms with Crippen molar-refractivity contribution in [2.24, 2.45) is 0 Å². The van der Waals surface area contributed by atoms with E-state index in [4.69, 9.17) is 0 Å². The van der Waals surface area contributed by atoms with Crippen molar-refractivity contribution >= 4 is 0 Å². The van der Waals surface area contributed by atoms with Crippen LogP contribution < -0.4 is 10.6 Å². The van der Waals surface area contributed by atoms with Gasteiger partial charge < -0.3 is 10.6 Å². The van der Waals surface area contributed by atoms with E-state index >= 15 is 0 Å². The standard InChI is InChI=1S/C30H32N2/c1-23-13-17-25(18-14-23)21-31-29(27-9-5-3-6-10-27)30(28-11-7-4-8-12-28)32-22-26-19-15-24(2)16-20-26/h3-20,29-32H,21-22H2,1-2H3/t29-,30-/m1/s1. The summed E-state index contributed by atoms with van der Waals surface area (Å²) in [6.45, 7) is 5.89. The lowest BCUT2D eigenvalue weighted by molar-refractivity contribution is 0.381. The van der Waals surface area contributed by atoms with Crippen molar-refractivity contribution in [1.29, 1.82) is 0 Å². The van der Waals surface area contributed by atoms with Gasteiger partial charge in [-0.25, -0.2) is 0 Å². The molecule has 0 saturated heterocycles. The fourth-order valence-corrected chi connectivity index (χ4v) is 4.04. The SMILES string of the molecule is Cc1ccc(CN[C@H](c2ccccc2)[C@H](NCc2ccc(C)cc2)c2ccccc2)cc1. The molecule has 0 aromatic heterocycles. The first kappa shape index (κ1) is 22.0. The highest BCUT2D eigenvalue weighted by Crippen LogP contribution is 2.30. The Kier molecular flexibility index (Phi) is 7.50. The Hall–Kier alpha value is -3.20. The minimum Gasteiger partial charge on any atom is -0.304 e. The number of benzene rings is 4. The number of hydrogen-bond acceptors (Lipinski definition) is 2. The van der Waals surface area contributed by atoms with E-state index in [1.165, 1.54) is 33.4 Å². The highest BCUT2D eigenvalue weighted by atomic mass is 15.0. The molecule has 0 spiro atoms. The summed E-state index contributed by atoms with van der Waals surface area (Å²) in [6.07, 6.45) is 0. The topological polar surface area (TPSA) is 24.1 Å². The summed E-state index contributed by atoms with van der Waals surface area (Å²) < 4.78 is 0. The molecule has 0 aliphatic carbocycles. The van der Waals surface area contributed by atoms with Crippen LogP contribution in [0.5, 0.6) is 0 Å². The molecule has 2 atom stereocenters. The van der Waals surface area contributed by atoms with Crippen molar-refractivity contribution in [2.75, 3.05) is 0 Å². The average molecular weight is 421 g/mol. The lowest BCUT2D eigenvalue weighted by Crippen LogP contribution is -2.35. The largest absolute Gasteiger partial charge is 0.304 e. The molecule has 2 N–H and O–H groups in total. The van der Waals surface area contributed by atoms with Crippen molar-refractivity contribution < 1.29 is 0 Å². The zero-order chi connectivity index (χ0) is 22.2. The molecule has 0 radical (unpaired) electrons. The minimum atomic E-state index is 0.130. The molecule has 4 aromatic carbocycles. The number of nitrogens with one attached hydrogen (secondary N) is 2. The molecule has 0 unspecified atom stereocenters. The Bertz CT molecular complexity index is 980. The molecule has 2 nitrogen and oxygen atoms in total. The summed E-state index contributed by atoms with van der Waals surface area (Å²) in [7, 11) is 0. The maximum absolute atomic E-state index is 3.85. The number of hydrogen-bond donors (Lipinski definition) is 2. The van der Waals surface area contributed by atoms with Gasteiger partial charge in [0.25, 0.3) is 0 Å². The van der Waals surface area contributed by atoms with Crippen LogP contribution in [0.3, 0.4) is 0 Å². The fourth-order valence-electron chi connectivity index (χ4n) is 4.04. The fraction of sp³-hybridized carbons (Fsp3) is 0.200. The summed E-state index contributed by atoms with van der Waals surface area (Å²) in [6, 6.07) is 39.3. The van der Waals surface area contributed by atoms with Crippen molar-refractivity contribution in [3.05, 3.63) is 143 Å². The third kappa shape index (κ3) is 5.94. The molecule has 4 rings (SSSR count). The van der Waals surface area contributed by atoms with E-state index in [2.05, 4.69) is 134 Å². The second kappa shape index (κ2) is 10.9. The Labute approximate surface area is 192 Å². The first-order chi connectivity index (χ1) is 15.7. The third-order valence-corrected chi connectivity index (χ3v) is 5.94. The number of rotatable bonds is 9. The molecule has 0 amide bonds. The van der Waals surface area contributed by atoms with Crippen LogP contribution in [0.4, 0.5) is 0 Å². The van der Waals surface area contributed by atoms with E-state index in [0.717, 1.165) is 13.1 Å². The maximum atomic E-state index is 3.85. The quantitative estimate of drug-likeness (QED) is 0.316. The minimum absolute atomic E-state index is 0.130. The van der Waals surface area contributed by atoms with Gasteiger partial charge in [-0.05, 0) is 36.1 Å². The van der Waals surface area contributed by atoms with Crippen LogP contribution in [0.15, 0.2) is 109 Å². The van der Waals surface area contributed by atoms with Crippen LogP contribution in [0.2, 0.25) is 0 Å². The van der Waals surface area contributed by atoms with Crippen LogP contribution in [0.1, 0.15) is 45.5 Å². The second-order valence-corrected chi connectivity index (χ2v) is 8.51. The van der Waals surface area contributed by atoms with Gasteiger partial charge in [-0.3, -0.25) is 0 Å². The molecule has 0 fully saturated rings. The van der Waals surface area contributed by atoms with Gasteiger partial charge in [0.05, 0.1) is 12.1 Å². The maximum Gasteiger partial charge on any atom is 0.0521 e. The second-order valence-electron chi connectivity index (χ2n) is 8.51. The first-order valence-corrected chi connectivity index (χ1v) is 11.4. The summed E-state index contributed by atoms with van der Waals surface area (Å²) in [5.41, 5.74) is 7.73. The highest BCUT2D eigenvalue weighted by molar-refractivity contribution is 5.29. The highest BCUT2D eigenvalue weighted by Gasteiger charge is 2.24. The summed E-state index contributed by atoms with van der Waals surface area (Å²) in [5.74, 6) is 0. The van der Waals surface area contributed by atoms with Crippen LogP contribution in [-0.2, 0) is 13.1 Å². The zero-order valence-electron chi connectivity index (χ0n) is 19.0. The van der Waals surface area contributed by atoms with Crippen molar-refractivity contribution in [1.82, 2.24) is 10.6 Å². The monoisotopic (exact) mass is 420 g/mol. The molecule has 0 aliphatic heterocycles. The van der Waals surface area contributed by atoms with E-state index in [0.29, 0.717) is 0 Å². The first-order valence-electron chi connectivity index (χ1n) is 11.4. The van der Waals surface area contributed by atoms with Crippen LogP contribution >= 0.6 is 0 Å². The van der Waals surface area contributed by atoms with Gasteiger partial charge in [0, 0.05) is 13.1 Å². The molecule has 2 heteroatoms. The Morgan fingerprint density at radius 2 is 0.812 bits per heavy atom. The zero-order valence-corrected chi connectivity index (χ0v) is 19.0. The average Bonchev–Trinajstić information content (AvgIpc) is 2.84. The molecule has 4 aromatic rings. The van der Waals surface area contributed by atoms with Gasteiger partial charge in [-0.1, -0.05) is 120 Å². The molecule has 32 heavy (non-hydrogen) atoms. The lowest BCUT2D eigenvalue weighted by Gasteiger charge is -2.30. The van der Waals surface area contributed by atoms with Gasteiger partial charge in [0.2, 0.25) is 0 Å². The third-order valence-electron chi connectivity index (χ3n) is 5.94. The van der Waals surface area contributed by atoms with Gasteiger partial charge in [-0.2, -0.15) is 0 Å². The van der Waals surface area contributed by atoms with E-state index in [-0.39, 0.29) is 12.1 Å². The Morgan fingerprint density at radius 3 is 1.16 bits per heavy atom. The molecular formula is C30H32N2. The van der Waals surface area contributed by atoms with E-state index < -0.39 is 0 Å². The van der Waals surface area contributed by atoms with Gasteiger partial charge in [0.15, 0.2) is 0 Å². The van der Waals surface area contributed by atoms with Crippen molar-refractivity contribution in [3.63, 3.8) is 0 Å². The summed E-state index contributed by atoms with van der Waals surface area (Å²) in [5, 5.41) is 7.71. The molecule has 0 aliphatic rings. The van der Waals surface area contributed by atoms with E-state index in [1.54, 1.807) is 0 Å². The van der Waals surface area contributed by atoms with Gasteiger partial charge in [-0.15, -0.1) is 0 Å².